The van der Waals surface area contributed by atoms with Crippen LogP contribution in [0.1, 0.15) is 29.3 Å². The van der Waals surface area contributed by atoms with Gasteiger partial charge in [0, 0.05) is 30.5 Å². The Labute approximate surface area is 172 Å². The summed E-state index contributed by atoms with van der Waals surface area (Å²) in [4.78, 5) is 23.1. The summed E-state index contributed by atoms with van der Waals surface area (Å²) in [6.45, 7) is 7.72. The van der Waals surface area contributed by atoms with Gasteiger partial charge < -0.3 is 14.7 Å². The van der Waals surface area contributed by atoms with Crippen molar-refractivity contribution in [2.24, 2.45) is 5.92 Å². The highest BCUT2D eigenvalue weighted by Crippen LogP contribution is 2.48. The lowest BCUT2D eigenvalue weighted by Gasteiger charge is -2.28. The zero-order chi connectivity index (χ0) is 19.3. The Balaban J connectivity index is 1.33. The van der Waals surface area contributed by atoms with E-state index >= 15 is 0 Å². The highest BCUT2D eigenvalue weighted by Gasteiger charge is 2.45. The summed E-state index contributed by atoms with van der Waals surface area (Å²) in [6, 6.07) is 10.5. The molecule has 0 spiro atoms. The molecule has 1 aromatic heterocycles. The SMILES string of the molecule is C[NH+]1CC[NH+](CCCN(Cc2nccs2)C(=O)[C@H]2C[C@H]2c2ccccc2)CC1. The molecule has 2 heterocycles. The summed E-state index contributed by atoms with van der Waals surface area (Å²) in [5.41, 5.74) is 1.31. The zero-order valence-electron chi connectivity index (χ0n) is 16.8. The van der Waals surface area contributed by atoms with Crippen molar-refractivity contribution in [3.63, 3.8) is 0 Å². The summed E-state index contributed by atoms with van der Waals surface area (Å²) >= 11 is 1.65. The summed E-state index contributed by atoms with van der Waals surface area (Å²) in [5.74, 6) is 0.877. The molecule has 4 rings (SSSR count). The maximum absolute atomic E-state index is 13.2. The number of likely N-dealkylation sites (N-methyl/N-ethyl adjacent to an activating group) is 1. The van der Waals surface area contributed by atoms with E-state index in [1.165, 1.54) is 38.3 Å². The number of hydrogen-bond donors (Lipinski definition) is 2. The van der Waals surface area contributed by atoms with E-state index in [4.69, 9.17) is 0 Å². The molecule has 150 valence electrons. The zero-order valence-corrected chi connectivity index (χ0v) is 17.6. The van der Waals surface area contributed by atoms with Gasteiger partial charge in [0.05, 0.1) is 20.1 Å². The van der Waals surface area contributed by atoms with Gasteiger partial charge in [0.25, 0.3) is 0 Å². The standard InChI is InChI=1S/C22H30N4OS/c1-24-11-13-25(14-12-24)9-5-10-26(17-21-23-8-15-28-21)22(27)20-16-19(20)18-6-3-2-4-7-18/h2-4,6-8,15,19-20H,5,9-14,16-17H2,1H3/p+2/t19-,20-/m0/s1. The number of carbonyl (C=O) groups is 1. The molecule has 5 nitrogen and oxygen atoms in total. The Kier molecular flexibility index (Phi) is 6.40. The summed E-state index contributed by atoms with van der Waals surface area (Å²) in [5, 5.41) is 3.04. The third kappa shape index (κ3) is 4.99. The van der Waals surface area contributed by atoms with Gasteiger partial charge in [0.1, 0.15) is 31.2 Å². The van der Waals surface area contributed by atoms with Crippen LogP contribution in [-0.2, 0) is 11.3 Å². The highest BCUT2D eigenvalue weighted by atomic mass is 32.1. The lowest BCUT2D eigenvalue weighted by Crippen LogP contribution is -3.27. The molecule has 2 N–H and O–H groups in total. The van der Waals surface area contributed by atoms with Gasteiger partial charge in [-0.25, -0.2) is 4.98 Å². The van der Waals surface area contributed by atoms with Crippen molar-refractivity contribution < 1.29 is 14.6 Å². The van der Waals surface area contributed by atoms with E-state index in [-0.39, 0.29) is 5.92 Å². The van der Waals surface area contributed by atoms with Crippen molar-refractivity contribution in [1.82, 2.24) is 9.88 Å². The number of hydrogen-bond acceptors (Lipinski definition) is 3. The van der Waals surface area contributed by atoms with Crippen molar-refractivity contribution in [3.8, 4) is 0 Å². The van der Waals surface area contributed by atoms with Gasteiger partial charge in [0.2, 0.25) is 5.91 Å². The lowest BCUT2D eigenvalue weighted by molar-refractivity contribution is -1.00. The highest BCUT2D eigenvalue weighted by molar-refractivity contribution is 7.09. The average molecular weight is 401 g/mol. The first-order chi connectivity index (χ1) is 13.7. The van der Waals surface area contributed by atoms with Gasteiger partial charge in [0.15, 0.2) is 0 Å². The molecule has 1 aromatic carbocycles. The number of carbonyl (C=O) groups excluding carboxylic acids is 1. The monoisotopic (exact) mass is 400 g/mol. The number of benzene rings is 1. The third-order valence-corrected chi connectivity index (χ3v) is 6.99. The molecule has 0 bridgehead atoms. The van der Waals surface area contributed by atoms with Crippen LogP contribution < -0.4 is 9.80 Å². The molecular formula is C22H32N4OS+2. The molecule has 2 aliphatic rings. The summed E-state index contributed by atoms with van der Waals surface area (Å²) < 4.78 is 0. The van der Waals surface area contributed by atoms with E-state index < -0.39 is 0 Å². The number of aromatic nitrogens is 1. The van der Waals surface area contributed by atoms with E-state index in [1.807, 2.05) is 17.6 Å². The van der Waals surface area contributed by atoms with Crippen molar-refractivity contribution in [3.05, 3.63) is 52.5 Å². The van der Waals surface area contributed by atoms with Crippen LogP contribution in [0.2, 0.25) is 0 Å². The molecule has 2 fully saturated rings. The molecular weight excluding hydrogens is 368 g/mol. The van der Waals surface area contributed by atoms with Crippen LogP contribution in [0.15, 0.2) is 41.9 Å². The molecule has 28 heavy (non-hydrogen) atoms. The van der Waals surface area contributed by atoms with Crippen LogP contribution in [0.25, 0.3) is 0 Å². The van der Waals surface area contributed by atoms with E-state index in [0.29, 0.717) is 18.4 Å². The van der Waals surface area contributed by atoms with Crippen molar-refractivity contribution in [2.75, 3.05) is 46.3 Å². The summed E-state index contributed by atoms with van der Waals surface area (Å²) in [7, 11) is 2.28. The number of nitrogens with zero attached hydrogens (tertiary/aromatic N) is 2. The van der Waals surface area contributed by atoms with Gasteiger partial charge in [-0.3, -0.25) is 4.79 Å². The molecule has 1 aliphatic heterocycles. The molecule has 1 aliphatic carbocycles. The molecule has 2 atom stereocenters. The Morgan fingerprint density at radius 3 is 2.71 bits per heavy atom. The van der Waals surface area contributed by atoms with Crippen LogP contribution in [0.3, 0.4) is 0 Å². The molecule has 1 amide bonds. The van der Waals surface area contributed by atoms with E-state index in [1.54, 1.807) is 21.1 Å². The Hall–Kier alpha value is -1.76. The first-order valence-corrected chi connectivity index (χ1v) is 11.5. The number of thiazole rings is 1. The van der Waals surface area contributed by atoms with Crippen molar-refractivity contribution in [1.29, 1.82) is 0 Å². The van der Waals surface area contributed by atoms with Crippen LogP contribution in [-0.4, -0.2) is 62.1 Å². The Morgan fingerprint density at radius 1 is 1.21 bits per heavy atom. The lowest BCUT2D eigenvalue weighted by atomic mass is 10.1. The second-order valence-electron chi connectivity index (χ2n) is 8.36. The minimum absolute atomic E-state index is 0.155. The van der Waals surface area contributed by atoms with Gasteiger partial charge in [-0.05, 0) is 17.9 Å². The van der Waals surface area contributed by atoms with Crippen LogP contribution in [0.5, 0.6) is 0 Å². The van der Waals surface area contributed by atoms with Crippen LogP contribution in [0.4, 0.5) is 0 Å². The second-order valence-corrected chi connectivity index (χ2v) is 9.33. The van der Waals surface area contributed by atoms with E-state index in [0.717, 1.165) is 24.4 Å². The predicted molar refractivity (Wildman–Crippen MR) is 112 cm³/mol. The minimum atomic E-state index is 0.155. The van der Waals surface area contributed by atoms with E-state index in [9.17, 15) is 4.79 Å². The number of amides is 1. The predicted octanol–water partition coefficient (Wildman–Crippen LogP) is 0.0787. The first kappa shape index (κ1) is 19.6. The first-order valence-electron chi connectivity index (χ1n) is 10.6. The van der Waals surface area contributed by atoms with E-state index in [2.05, 4.69) is 41.2 Å². The molecule has 6 heteroatoms. The number of piperazine rings is 1. The average Bonchev–Trinajstić information content (AvgIpc) is 3.36. The quantitative estimate of drug-likeness (QED) is 0.659. The summed E-state index contributed by atoms with van der Waals surface area (Å²) in [6.07, 6.45) is 3.90. The van der Waals surface area contributed by atoms with Gasteiger partial charge in [-0.15, -0.1) is 11.3 Å². The maximum atomic E-state index is 13.2. The minimum Gasteiger partial charge on any atom is -0.335 e. The fraction of sp³-hybridized carbons (Fsp3) is 0.545. The smallest absolute Gasteiger partial charge is 0.226 e. The maximum Gasteiger partial charge on any atom is 0.226 e. The largest absolute Gasteiger partial charge is 0.335 e. The number of nitrogens with one attached hydrogen (secondary N) is 2. The molecule has 1 saturated carbocycles. The van der Waals surface area contributed by atoms with Gasteiger partial charge >= 0.3 is 0 Å². The van der Waals surface area contributed by atoms with Gasteiger partial charge in [-0.2, -0.15) is 0 Å². The molecule has 2 aromatic rings. The Bertz CT molecular complexity index is 743. The fourth-order valence-electron chi connectivity index (χ4n) is 4.33. The van der Waals surface area contributed by atoms with Crippen molar-refractivity contribution >= 4 is 17.2 Å². The van der Waals surface area contributed by atoms with Gasteiger partial charge in [-0.1, -0.05) is 30.3 Å². The number of rotatable bonds is 8. The third-order valence-electron chi connectivity index (χ3n) is 6.23. The molecule has 0 unspecified atom stereocenters. The van der Waals surface area contributed by atoms with Crippen LogP contribution >= 0.6 is 11.3 Å². The Morgan fingerprint density at radius 2 is 2.00 bits per heavy atom. The fourth-order valence-corrected chi connectivity index (χ4v) is 4.96. The second kappa shape index (κ2) is 9.16. The topological polar surface area (TPSA) is 42.1 Å². The normalized spacial score (nSPS) is 26.8. The molecule has 1 saturated heterocycles. The molecule has 0 radical (unpaired) electrons. The van der Waals surface area contributed by atoms with Crippen molar-refractivity contribution in [2.45, 2.75) is 25.3 Å². The van der Waals surface area contributed by atoms with Crippen LogP contribution in [0, 0.1) is 5.92 Å². The number of quaternary nitrogens is 2.